The van der Waals surface area contributed by atoms with Crippen LogP contribution in [0, 0.1) is 11.3 Å². The minimum absolute atomic E-state index is 0.0541. The van der Waals surface area contributed by atoms with Crippen molar-refractivity contribution < 1.29 is 9.90 Å². The van der Waals surface area contributed by atoms with E-state index >= 15 is 0 Å². The molecule has 0 aliphatic heterocycles. The fourth-order valence-electron chi connectivity index (χ4n) is 1.11. The lowest BCUT2D eigenvalue weighted by Gasteiger charge is -2.03. The van der Waals surface area contributed by atoms with E-state index in [0.29, 0.717) is 24.1 Å². The number of nitrogens with one attached hydrogen (secondary N) is 1. The van der Waals surface area contributed by atoms with Crippen molar-refractivity contribution in [3.05, 3.63) is 35.4 Å². The summed E-state index contributed by atoms with van der Waals surface area (Å²) in [5.41, 5.74) is 0.928. The second kappa shape index (κ2) is 5.78. The number of hydrogen-bond donors (Lipinski definition) is 2. The SMILES string of the molecule is N#Cc1cccc(C(=O)NCCCO)c1. The largest absolute Gasteiger partial charge is 0.396 e. The van der Waals surface area contributed by atoms with Crippen molar-refractivity contribution in [2.75, 3.05) is 13.2 Å². The zero-order valence-corrected chi connectivity index (χ0v) is 8.23. The molecule has 0 aliphatic carbocycles. The van der Waals surface area contributed by atoms with Crippen LogP contribution in [0.25, 0.3) is 0 Å². The number of benzene rings is 1. The first-order valence-electron chi connectivity index (χ1n) is 4.67. The summed E-state index contributed by atoms with van der Waals surface area (Å²) in [4.78, 5) is 11.5. The molecule has 0 saturated carbocycles. The van der Waals surface area contributed by atoms with E-state index in [-0.39, 0.29) is 12.5 Å². The van der Waals surface area contributed by atoms with Gasteiger partial charge in [0.15, 0.2) is 0 Å². The molecule has 0 saturated heterocycles. The predicted molar refractivity (Wildman–Crippen MR) is 55.2 cm³/mol. The molecule has 0 spiro atoms. The number of nitrogens with zero attached hydrogens (tertiary/aromatic N) is 1. The van der Waals surface area contributed by atoms with Gasteiger partial charge in [-0.1, -0.05) is 6.07 Å². The molecule has 1 rings (SSSR count). The monoisotopic (exact) mass is 204 g/mol. The molecular weight excluding hydrogens is 192 g/mol. The third-order valence-corrected chi connectivity index (χ3v) is 1.87. The van der Waals surface area contributed by atoms with Crippen LogP contribution in [0.3, 0.4) is 0 Å². The standard InChI is InChI=1S/C11H12N2O2/c12-8-9-3-1-4-10(7-9)11(15)13-5-2-6-14/h1,3-4,7,14H,2,5-6H2,(H,13,15). The number of aliphatic hydroxyl groups is 1. The van der Waals surface area contributed by atoms with E-state index < -0.39 is 0 Å². The number of carbonyl (C=O) groups excluding carboxylic acids is 1. The topological polar surface area (TPSA) is 73.1 Å². The first kappa shape index (κ1) is 11.2. The van der Waals surface area contributed by atoms with E-state index in [2.05, 4.69) is 5.32 Å². The van der Waals surface area contributed by atoms with E-state index in [1.54, 1.807) is 18.2 Å². The van der Waals surface area contributed by atoms with Gasteiger partial charge in [-0.3, -0.25) is 4.79 Å². The number of nitriles is 1. The second-order valence-corrected chi connectivity index (χ2v) is 3.03. The quantitative estimate of drug-likeness (QED) is 0.708. The Morgan fingerprint density at radius 1 is 1.53 bits per heavy atom. The van der Waals surface area contributed by atoms with Crippen molar-refractivity contribution in [2.24, 2.45) is 0 Å². The van der Waals surface area contributed by atoms with Gasteiger partial charge < -0.3 is 10.4 Å². The minimum Gasteiger partial charge on any atom is -0.396 e. The van der Waals surface area contributed by atoms with Gasteiger partial charge in [0.05, 0.1) is 11.6 Å². The zero-order valence-electron chi connectivity index (χ0n) is 8.23. The normalized spacial score (nSPS) is 9.33. The Kier molecular flexibility index (Phi) is 4.32. The van der Waals surface area contributed by atoms with E-state index in [9.17, 15) is 4.79 Å². The van der Waals surface area contributed by atoms with Gasteiger partial charge in [0.1, 0.15) is 0 Å². The lowest BCUT2D eigenvalue weighted by atomic mass is 10.1. The fraction of sp³-hybridized carbons (Fsp3) is 0.273. The van der Waals surface area contributed by atoms with Crippen LogP contribution in [-0.2, 0) is 0 Å². The molecule has 1 amide bonds. The minimum atomic E-state index is -0.222. The Balaban J connectivity index is 2.62. The number of amides is 1. The van der Waals surface area contributed by atoms with Crippen molar-refractivity contribution in [3.63, 3.8) is 0 Å². The molecule has 4 nitrogen and oxygen atoms in total. The molecule has 0 bridgehead atoms. The van der Waals surface area contributed by atoms with Crippen molar-refractivity contribution >= 4 is 5.91 Å². The molecule has 0 unspecified atom stereocenters. The lowest BCUT2D eigenvalue weighted by Crippen LogP contribution is -2.24. The molecule has 0 radical (unpaired) electrons. The van der Waals surface area contributed by atoms with Crippen LogP contribution in [0.5, 0.6) is 0 Å². The molecule has 0 heterocycles. The number of carbonyl (C=O) groups is 1. The third-order valence-electron chi connectivity index (χ3n) is 1.87. The summed E-state index contributed by atoms with van der Waals surface area (Å²) in [5, 5.41) is 19.8. The fourth-order valence-corrected chi connectivity index (χ4v) is 1.11. The summed E-state index contributed by atoms with van der Waals surface area (Å²) in [6.45, 7) is 0.491. The molecule has 1 aromatic rings. The van der Waals surface area contributed by atoms with E-state index in [0.717, 1.165) is 0 Å². The first-order chi connectivity index (χ1) is 7.27. The number of aliphatic hydroxyl groups excluding tert-OH is 1. The van der Waals surface area contributed by atoms with Crippen LogP contribution in [-0.4, -0.2) is 24.2 Å². The average molecular weight is 204 g/mol. The highest BCUT2D eigenvalue weighted by Crippen LogP contribution is 2.03. The van der Waals surface area contributed by atoms with Crippen molar-refractivity contribution in [1.82, 2.24) is 5.32 Å². The highest BCUT2D eigenvalue weighted by Gasteiger charge is 2.04. The van der Waals surface area contributed by atoms with Crippen LogP contribution in [0.2, 0.25) is 0 Å². The Morgan fingerprint density at radius 2 is 2.33 bits per heavy atom. The van der Waals surface area contributed by atoms with Crippen LogP contribution >= 0.6 is 0 Å². The number of rotatable bonds is 4. The maximum atomic E-state index is 11.5. The van der Waals surface area contributed by atoms with Gasteiger partial charge in [0.2, 0.25) is 0 Å². The van der Waals surface area contributed by atoms with Gasteiger partial charge in [0.25, 0.3) is 5.91 Å². The molecular formula is C11H12N2O2. The van der Waals surface area contributed by atoms with Gasteiger partial charge in [-0.25, -0.2) is 0 Å². The molecule has 0 atom stereocenters. The van der Waals surface area contributed by atoms with Crippen LogP contribution < -0.4 is 5.32 Å². The molecule has 0 aromatic heterocycles. The predicted octanol–water partition coefficient (Wildman–Crippen LogP) is 0.670. The third kappa shape index (κ3) is 3.41. The van der Waals surface area contributed by atoms with Crippen LogP contribution in [0.15, 0.2) is 24.3 Å². The van der Waals surface area contributed by atoms with E-state index in [4.69, 9.17) is 10.4 Å². The van der Waals surface area contributed by atoms with Gasteiger partial charge in [-0.2, -0.15) is 5.26 Å². The smallest absolute Gasteiger partial charge is 0.251 e. The number of hydrogen-bond acceptors (Lipinski definition) is 3. The van der Waals surface area contributed by atoms with Crippen LogP contribution in [0.1, 0.15) is 22.3 Å². The molecule has 2 N–H and O–H groups in total. The Hall–Kier alpha value is -1.86. The summed E-state index contributed by atoms with van der Waals surface area (Å²) in [5.74, 6) is -0.222. The van der Waals surface area contributed by atoms with Gasteiger partial charge >= 0.3 is 0 Å². The summed E-state index contributed by atoms with van der Waals surface area (Å²) in [6.07, 6.45) is 0.531. The van der Waals surface area contributed by atoms with Gasteiger partial charge in [-0.15, -0.1) is 0 Å². The summed E-state index contributed by atoms with van der Waals surface area (Å²) < 4.78 is 0. The Morgan fingerprint density at radius 3 is 3.00 bits per heavy atom. The molecule has 1 aromatic carbocycles. The lowest BCUT2D eigenvalue weighted by molar-refractivity contribution is 0.0951. The summed E-state index contributed by atoms with van der Waals surface area (Å²) in [6, 6.07) is 8.46. The maximum Gasteiger partial charge on any atom is 0.251 e. The van der Waals surface area contributed by atoms with E-state index in [1.807, 2.05) is 6.07 Å². The average Bonchev–Trinajstić information content (AvgIpc) is 2.29. The van der Waals surface area contributed by atoms with E-state index in [1.165, 1.54) is 6.07 Å². The maximum absolute atomic E-state index is 11.5. The summed E-state index contributed by atoms with van der Waals surface area (Å²) in [7, 11) is 0. The molecule has 0 aliphatic rings. The van der Waals surface area contributed by atoms with Crippen molar-refractivity contribution in [2.45, 2.75) is 6.42 Å². The zero-order chi connectivity index (χ0) is 11.1. The Labute approximate surface area is 88.2 Å². The molecule has 0 fully saturated rings. The van der Waals surface area contributed by atoms with Crippen molar-refractivity contribution in [1.29, 1.82) is 5.26 Å². The summed E-state index contributed by atoms with van der Waals surface area (Å²) >= 11 is 0. The highest BCUT2D eigenvalue weighted by atomic mass is 16.3. The molecule has 4 heteroatoms. The van der Waals surface area contributed by atoms with Crippen LogP contribution in [0.4, 0.5) is 0 Å². The van der Waals surface area contributed by atoms with Crippen molar-refractivity contribution in [3.8, 4) is 6.07 Å². The van der Waals surface area contributed by atoms with Gasteiger partial charge in [0, 0.05) is 18.7 Å². The van der Waals surface area contributed by atoms with Gasteiger partial charge in [-0.05, 0) is 24.6 Å². The highest BCUT2D eigenvalue weighted by molar-refractivity contribution is 5.94. The molecule has 15 heavy (non-hydrogen) atoms. The first-order valence-corrected chi connectivity index (χ1v) is 4.67. The molecule has 78 valence electrons. The Bertz CT molecular complexity index is 382. The second-order valence-electron chi connectivity index (χ2n) is 3.03.